The second-order valence-electron chi connectivity index (χ2n) is 7.04. The van der Waals surface area contributed by atoms with Gasteiger partial charge in [0.15, 0.2) is 0 Å². The summed E-state index contributed by atoms with van der Waals surface area (Å²) >= 11 is 0. The Kier molecular flexibility index (Phi) is 4.76. The quantitative estimate of drug-likeness (QED) is 0.845. The number of carbonyl (C=O) groups is 1. The molecule has 1 spiro atoms. The van der Waals surface area contributed by atoms with Crippen LogP contribution in [0.15, 0.2) is 59.5 Å². The Labute approximate surface area is 165 Å². The molecule has 0 bridgehead atoms. The molecule has 148 valence electrons. The van der Waals surface area contributed by atoms with Gasteiger partial charge in [-0.2, -0.15) is 4.31 Å². The van der Waals surface area contributed by atoms with Crippen LogP contribution in [0.2, 0.25) is 0 Å². The minimum Gasteiger partial charge on any atom is -0.497 e. The Morgan fingerprint density at radius 2 is 1.64 bits per heavy atom. The van der Waals surface area contributed by atoms with Crippen molar-refractivity contribution >= 4 is 21.6 Å². The van der Waals surface area contributed by atoms with Crippen LogP contribution in [-0.4, -0.2) is 51.0 Å². The van der Waals surface area contributed by atoms with Crippen LogP contribution < -0.4 is 15.0 Å². The molecule has 0 unspecified atom stereocenters. The summed E-state index contributed by atoms with van der Waals surface area (Å²) in [7, 11) is -2.06. The molecule has 4 rings (SSSR count). The molecule has 2 aliphatic rings. The summed E-state index contributed by atoms with van der Waals surface area (Å²) in [5, 5.41) is 2.93. The maximum Gasteiger partial charge on any atom is 0.247 e. The topological polar surface area (TPSA) is 79.0 Å². The maximum atomic E-state index is 13.0. The van der Waals surface area contributed by atoms with Crippen molar-refractivity contribution in [2.45, 2.75) is 23.3 Å². The van der Waals surface area contributed by atoms with Crippen molar-refractivity contribution in [2.75, 3.05) is 31.8 Å². The summed E-state index contributed by atoms with van der Waals surface area (Å²) in [6, 6.07) is 16.1. The number of amides is 1. The number of sulfonamides is 1. The smallest absolute Gasteiger partial charge is 0.247 e. The number of ether oxygens (including phenoxy) is 1. The van der Waals surface area contributed by atoms with Gasteiger partial charge in [0.1, 0.15) is 11.3 Å². The number of nitrogens with one attached hydrogen (secondary N) is 1. The van der Waals surface area contributed by atoms with Crippen LogP contribution in [0, 0.1) is 0 Å². The number of para-hydroxylation sites is 1. The van der Waals surface area contributed by atoms with Crippen molar-refractivity contribution in [1.82, 2.24) is 9.62 Å². The van der Waals surface area contributed by atoms with Crippen molar-refractivity contribution in [2.24, 2.45) is 0 Å². The van der Waals surface area contributed by atoms with Gasteiger partial charge in [0, 0.05) is 18.8 Å². The fraction of sp³-hybridized carbons (Fsp3) is 0.350. The van der Waals surface area contributed by atoms with Crippen molar-refractivity contribution < 1.29 is 17.9 Å². The van der Waals surface area contributed by atoms with Crippen molar-refractivity contribution in [1.29, 1.82) is 0 Å². The molecule has 0 aliphatic carbocycles. The lowest BCUT2D eigenvalue weighted by Gasteiger charge is -2.42. The predicted octanol–water partition coefficient (Wildman–Crippen LogP) is 1.81. The van der Waals surface area contributed by atoms with Crippen LogP contribution in [0.1, 0.15) is 12.8 Å². The van der Waals surface area contributed by atoms with Crippen LogP contribution in [0.3, 0.4) is 0 Å². The van der Waals surface area contributed by atoms with Gasteiger partial charge < -0.3 is 15.0 Å². The molecule has 1 N–H and O–H groups in total. The first-order valence-corrected chi connectivity index (χ1v) is 10.7. The number of anilines is 1. The molecular formula is C20H23N3O4S. The van der Waals surface area contributed by atoms with Crippen LogP contribution in [-0.2, 0) is 14.8 Å². The Hall–Kier alpha value is -2.58. The van der Waals surface area contributed by atoms with Gasteiger partial charge in [0.05, 0.1) is 18.7 Å². The van der Waals surface area contributed by atoms with Gasteiger partial charge in [0.25, 0.3) is 0 Å². The molecule has 2 fully saturated rings. The fourth-order valence-corrected chi connectivity index (χ4v) is 5.47. The van der Waals surface area contributed by atoms with Crippen molar-refractivity contribution in [3.05, 3.63) is 54.6 Å². The lowest BCUT2D eigenvalue weighted by molar-refractivity contribution is -0.124. The second-order valence-corrected chi connectivity index (χ2v) is 8.98. The van der Waals surface area contributed by atoms with E-state index in [9.17, 15) is 13.2 Å². The number of hydrogen-bond acceptors (Lipinski definition) is 5. The summed E-state index contributed by atoms with van der Waals surface area (Å²) in [6.45, 7) is 1.03. The van der Waals surface area contributed by atoms with E-state index in [0.717, 1.165) is 5.69 Å². The standard InChI is InChI=1S/C20H23N3O4S/c1-27-17-7-9-18(10-8-17)28(25,26)22-13-11-20(12-14-22)19(24)21-15-23(20)16-5-3-2-4-6-16/h2-10H,11-15H2,1H3,(H,21,24). The van der Waals surface area contributed by atoms with Crippen LogP contribution >= 0.6 is 0 Å². The largest absolute Gasteiger partial charge is 0.497 e. The molecule has 0 aromatic heterocycles. The zero-order chi connectivity index (χ0) is 19.8. The Balaban J connectivity index is 1.55. The SMILES string of the molecule is COc1ccc(S(=O)(=O)N2CCC3(CC2)C(=O)NCN3c2ccccc2)cc1. The molecule has 0 atom stereocenters. The van der Waals surface area contributed by atoms with Gasteiger partial charge >= 0.3 is 0 Å². The number of rotatable bonds is 4. The fourth-order valence-electron chi connectivity index (χ4n) is 4.03. The summed E-state index contributed by atoms with van der Waals surface area (Å²) in [6.07, 6.45) is 0.895. The highest BCUT2D eigenvalue weighted by atomic mass is 32.2. The van der Waals surface area contributed by atoms with E-state index in [1.807, 2.05) is 30.3 Å². The Morgan fingerprint density at radius 1 is 1.00 bits per heavy atom. The minimum absolute atomic E-state index is 0.0298. The molecule has 8 heteroatoms. The molecule has 2 heterocycles. The van der Waals surface area contributed by atoms with Gasteiger partial charge in [-0.25, -0.2) is 8.42 Å². The van der Waals surface area contributed by atoms with Crippen LogP contribution in [0.25, 0.3) is 0 Å². The molecule has 2 saturated heterocycles. The molecule has 0 radical (unpaired) electrons. The molecule has 7 nitrogen and oxygen atoms in total. The number of benzene rings is 2. The molecule has 2 aromatic carbocycles. The second kappa shape index (κ2) is 7.10. The highest BCUT2D eigenvalue weighted by Crippen LogP contribution is 2.37. The van der Waals surface area contributed by atoms with E-state index in [1.54, 1.807) is 31.4 Å². The summed E-state index contributed by atoms with van der Waals surface area (Å²) in [5.74, 6) is 0.579. The lowest BCUT2D eigenvalue weighted by atomic mass is 9.86. The third-order valence-electron chi connectivity index (χ3n) is 5.65. The highest BCUT2D eigenvalue weighted by molar-refractivity contribution is 7.89. The van der Waals surface area contributed by atoms with E-state index in [-0.39, 0.29) is 10.8 Å². The summed E-state index contributed by atoms with van der Waals surface area (Å²) in [5.41, 5.74) is 0.264. The first kappa shape index (κ1) is 18.8. The van der Waals surface area contributed by atoms with Gasteiger partial charge in [-0.05, 0) is 49.2 Å². The zero-order valence-electron chi connectivity index (χ0n) is 15.7. The van der Waals surface area contributed by atoms with E-state index >= 15 is 0 Å². The Morgan fingerprint density at radius 3 is 2.25 bits per heavy atom. The average Bonchev–Trinajstić information content (AvgIpc) is 3.04. The van der Waals surface area contributed by atoms with E-state index in [1.165, 1.54) is 4.31 Å². The van der Waals surface area contributed by atoms with E-state index < -0.39 is 15.6 Å². The van der Waals surface area contributed by atoms with Gasteiger partial charge in [-0.15, -0.1) is 0 Å². The lowest BCUT2D eigenvalue weighted by Crippen LogP contribution is -2.57. The third kappa shape index (κ3) is 3.02. The van der Waals surface area contributed by atoms with E-state index in [0.29, 0.717) is 38.3 Å². The molecular weight excluding hydrogens is 378 g/mol. The van der Waals surface area contributed by atoms with Gasteiger partial charge in [-0.3, -0.25) is 4.79 Å². The normalized spacial score (nSPS) is 19.6. The zero-order valence-corrected chi connectivity index (χ0v) is 16.5. The van der Waals surface area contributed by atoms with E-state index in [2.05, 4.69) is 10.2 Å². The van der Waals surface area contributed by atoms with Crippen LogP contribution in [0.5, 0.6) is 5.75 Å². The molecule has 2 aromatic rings. The van der Waals surface area contributed by atoms with Crippen LogP contribution in [0.4, 0.5) is 5.69 Å². The predicted molar refractivity (Wildman–Crippen MR) is 106 cm³/mol. The summed E-state index contributed by atoms with van der Waals surface area (Å²) in [4.78, 5) is 15.0. The summed E-state index contributed by atoms with van der Waals surface area (Å²) < 4.78 is 32.6. The maximum absolute atomic E-state index is 13.0. The third-order valence-corrected chi connectivity index (χ3v) is 7.56. The number of methoxy groups -OCH3 is 1. The number of carbonyl (C=O) groups excluding carboxylic acids is 1. The molecule has 28 heavy (non-hydrogen) atoms. The number of piperidine rings is 1. The minimum atomic E-state index is -3.61. The first-order valence-electron chi connectivity index (χ1n) is 9.23. The average molecular weight is 401 g/mol. The number of hydrogen-bond donors (Lipinski definition) is 1. The first-order chi connectivity index (χ1) is 13.5. The monoisotopic (exact) mass is 401 g/mol. The Bertz CT molecular complexity index is 953. The molecule has 0 saturated carbocycles. The van der Waals surface area contributed by atoms with Gasteiger partial charge in [-0.1, -0.05) is 18.2 Å². The van der Waals surface area contributed by atoms with Gasteiger partial charge in [0.2, 0.25) is 15.9 Å². The number of nitrogens with zero attached hydrogens (tertiary/aromatic N) is 2. The van der Waals surface area contributed by atoms with Crippen molar-refractivity contribution in [3.63, 3.8) is 0 Å². The molecule has 2 aliphatic heterocycles. The highest BCUT2D eigenvalue weighted by Gasteiger charge is 2.51. The molecule has 1 amide bonds. The van der Waals surface area contributed by atoms with E-state index in [4.69, 9.17) is 4.74 Å². The van der Waals surface area contributed by atoms with Crippen molar-refractivity contribution in [3.8, 4) is 5.75 Å².